The minimum Gasteiger partial charge on any atom is -0.326 e. The summed E-state index contributed by atoms with van der Waals surface area (Å²) in [7, 11) is 0. The Hall–Kier alpha value is -2.56. The lowest BCUT2D eigenvalue weighted by Gasteiger charge is -2.06. The number of amides is 1. The second-order valence-corrected chi connectivity index (χ2v) is 5.55. The predicted molar refractivity (Wildman–Crippen MR) is 89.0 cm³/mol. The number of aryl methyl sites for hydroxylation is 1. The van der Waals surface area contributed by atoms with Crippen LogP contribution in [0.4, 0.5) is 14.5 Å². The van der Waals surface area contributed by atoms with E-state index in [9.17, 15) is 18.4 Å². The number of rotatable bonds is 7. The molecule has 126 valence electrons. The fraction of sp³-hybridized carbons (Fsp3) is 0.263. The number of ketones is 1. The molecule has 0 aliphatic heterocycles. The molecule has 2 aromatic carbocycles. The van der Waals surface area contributed by atoms with Crippen LogP contribution >= 0.6 is 0 Å². The van der Waals surface area contributed by atoms with Crippen LogP contribution in [-0.4, -0.2) is 11.7 Å². The van der Waals surface area contributed by atoms with Crippen molar-refractivity contribution in [3.8, 4) is 0 Å². The molecule has 0 unspecified atom stereocenters. The molecule has 1 N–H and O–H groups in total. The van der Waals surface area contributed by atoms with Crippen LogP contribution in [0.5, 0.6) is 0 Å². The highest BCUT2D eigenvalue weighted by molar-refractivity contribution is 6.00. The lowest BCUT2D eigenvalue weighted by molar-refractivity contribution is -0.116. The first kappa shape index (κ1) is 17.8. The van der Waals surface area contributed by atoms with Crippen molar-refractivity contribution in [3.63, 3.8) is 0 Å². The second-order valence-electron chi connectivity index (χ2n) is 5.55. The van der Waals surface area contributed by atoms with E-state index in [0.29, 0.717) is 5.56 Å². The van der Waals surface area contributed by atoms with Gasteiger partial charge in [0.1, 0.15) is 0 Å². The molecule has 5 heteroatoms. The molecule has 0 aromatic heterocycles. The Bertz CT molecular complexity index is 727. The second kappa shape index (κ2) is 8.34. The highest BCUT2D eigenvalue weighted by Crippen LogP contribution is 2.14. The Morgan fingerprint density at radius 1 is 0.958 bits per heavy atom. The summed E-state index contributed by atoms with van der Waals surface area (Å²) in [6.45, 7) is 2.09. The molecule has 0 bridgehead atoms. The molecule has 24 heavy (non-hydrogen) atoms. The van der Waals surface area contributed by atoms with E-state index >= 15 is 0 Å². The largest absolute Gasteiger partial charge is 0.326 e. The maximum Gasteiger partial charge on any atom is 0.224 e. The molecule has 0 fully saturated rings. The van der Waals surface area contributed by atoms with E-state index in [2.05, 4.69) is 12.2 Å². The molecule has 0 heterocycles. The van der Waals surface area contributed by atoms with Gasteiger partial charge in [-0.15, -0.1) is 0 Å². The molecule has 0 radical (unpaired) electrons. The van der Waals surface area contributed by atoms with Crippen molar-refractivity contribution in [1.82, 2.24) is 0 Å². The van der Waals surface area contributed by atoms with Crippen molar-refractivity contribution in [2.75, 3.05) is 5.32 Å². The van der Waals surface area contributed by atoms with Crippen LogP contribution in [-0.2, 0) is 11.2 Å². The standard InChI is InChI=1S/C19H19F2NO2/c1-2-3-13-4-6-14(7-5-13)18(23)10-11-19(24)22-15-8-9-16(20)17(21)12-15/h4-9,12H,2-3,10-11H2,1H3,(H,22,24). The van der Waals surface area contributed by atoms with Gasteiger partial charge in [0.2, 0.25) is 5.91 Å². The first-order valence-corrected chi connectivity index (χ1v) is 7.86. The van der Waals surface area contributed by atoms with Crippen LogP contribution in [0.25, 0.3) is 0 Å². The summed E-state index contributed by atoms with van der Waals surface area (Å²) >= 11 is 0. The fourth-order valence-corrected chi connectivity index (χ4v) is 2.31. The van der Waals surface area contributed by atoms with Crippen LogP contribution < -0.4 is 5.32 Å². The van der Waals surface area contributed by atoms with Crippen molar-refractivity contribution in [2.24, 2.45) is 0 Å². The fourth-order valence-electron chi connectivity index (χ4n) is 2.31. The Morgan fingerprint density at radius 3 is 2.29 bits per heavy atom. The summed E-state index contributed by atoms with van der Waals surface area (Å²) in [5.74, 6) is -2.55. The number of hydrogen-bond acceptors (Lipinski definition) is 2. The number of Topliss-reactive ketones (excluding diaryl/α,β-unsaturated/α-hetero) is 1. The lowest BCUT2D eigenvalue weighted by Crippen LogP contribution is -2.13. The number of hydrogen-bond donors (Lipinski definition) is 1. The van der Waals surface area contributed by atoms with Crippen molar-refractivity contribution >= 4 is 17.4 Å². The number of carbonyl (C=O) groups is 2. The van der Waals surface area contributed by atoms with E-state index in [1.807, 2.05) is 12.1 Å². The molecule has 0 spiro atoms. The Balaban J connectivity index is 1.86. The first-order chi connectivity index (χ1) is 11.5. The minimum absolute atomic E-state index is 0.0193. The molecule has 0 aliphatic rings. The van der Waals surface area contributed by atoms with E-state index < -0.39 is 17.5 Å². The van der Waals surface area contributed by atoms with Gasteiger partial charge in [0.15, 0.2) is 17.4 Å². The van der Waals surface area contributed by atoms with Crippen LogP contribution in [0.15, 0.2) is 42.5 Å². The number of halogens is 2. The van der Waals surface area contributed by atoms with Gasteiger partial charge >= 0.3 is 0 Å². The number of anilines is 1. The monoisotopic (exact) mass is 331 g/mol. The SMILES string of the molecule is CCCc1ccc(C(=O)CCC(=O)Nc2ccc(F)c(F)c2)cc1. The zero-order valence-electron chi connectivity index (χ0n) is 13.4. The lowest BCUT2D eigenvalue weighted by atomic mass is 10.0. The predicted octanol–water partition coefficient (Wildman–Crippen LogP) is 4.52. The zero-order valence-corrected chi connectivity index (χ0v) is 13.4. The van der Waals surface area contributed by atoms with Gasteiger partial charge in [-0.2, -0.15) is 0 Å². The molecule has 0 saturated heterocycles. The van der Waals surface area contributed by atoms with E-state index in [4.69, 9.17) is 0 Å². The Kier molecular flexibility index (Phi) is 6.18. The number of benzene rings is 2. The molecule has 2 aromatic rings. The van der Waals surface area contributed by atoms with Gasteiger partial charge in [-0.25, -0.2) is 8.78 Å². The highest BCUT2D eigenvalue weighted by Gasteiger charge is 2.11. The maximum atomic E-state index is 13.1. The summed E-state index contributed by atoms with van der Waals surface area (Å²) in [6.07, 6.45) is 2.04. The molecule has 0 atom stereocenters. The first-order valence-electron chi connectivity index (χ1n) is 7.86. The van der Waals surface area contributed by atoms with Crippen molar-refractivity contribution in [3.05, 3.63) is 65.2 Å². The van der Waals surface area contributed by atoms with Crippen LogP contribution in [0, 0.1) is 11.6 Å². The third-order valence-corrected chi connectivity index (χ3v) is 3.60. The highest BCUT2D eigenvalue weighted by atomic mass is 19.2. The Labute approximate surface area is 139 Å². The quantitative estimate of drug-likeness (QED) is 0.758. The zero-order chi connectivity index (χ0) is 17.5. The number of nitrogens with one attached hydrogen (secondary N) is 1. The van der Waals surface area contributed by atoms with E-state index in [-0.39, 0.29) is 24.3 Å². The van der Waals surface area contributed by atoms with Gasteiger partial charge in [0.25, 0.3) is 0 Å². The normalized spacial score (nSPS) is 10.5. The topological polar surface area (TPSA) is 46.2 Å². The van der Waals surface area contributed by atoms with Crippen molar-refractivity contribution < 1.29 is 18.4 Å². The van der Waals surface area contributed by atoms with Gasteiger partial charge in [0, 0.05) is 30.2 Å². The minimum atomic E-state index is -1.03. The third-order valence-electron chi connectivity index (χ3n) is 3.60. The van der Waals surface area contributed by atoms with Crippen molar-refractivity contribution in [1.29, 1.82) is 0 Å². The van der Waals surface area contributed by atoms with Gasteiger partial charge in [0.05, 0.1) is 0 Å². The van der Waals surface area contributed by atoms with Gasteiger partial charge in [-0.05, 0) is 24.1 Å². The van der Waals surface area contributed by atoms with Crippen LogP contribution in [0.1, 0.15) is 42.1 Å². The summed E-state index contributed by atoms with van der Waals surface area (Å²) in [5.41, 5.74) is 1.90. The van der Waals surface area contributed by atoms with Gasteiger partial charge in [-0.1, -0.05) is 37.6 Å². The van der Waals surface area contributed by atoms with Crippen molar-refractivity contribution in [2.45, 2.75) is 32.6 Å². The molecule has 1 amide bonds. The molecule has 3 nitrogen and oxygen atoms in total. The van der Waals surface area contributed by atoms with Crippen LogP contribution in [0.3, 0.4) is 0 Å². The van der Waals surface area contributed by atoms with Gasteiger partial charge < -0.3 is 5.32 Å². The third kappa shape index (κ3) is 4.98. The van der Waals surface area contributed by atoms with E-state index in [1.54, 1.807) is 12.1 Å². The maximum absolute atomic E-state index is 13.1. The van der Waals surface area contributed by atoms with Crippen LogP contribution in [0.2, 0.25) is 0 Å². The summed E-state index contributed by atoms with van der Waals surface area (Å²) in [5, 5.41) is 2.44. The number of carbonyl (C=O) groups excluding carboxylic acids is 2. The molecule has 2 rings (SSSR count). The summed E-state index contributed by atoms with van der Waals surface area (Å²) in [6, 6.07) is 10.5. The average molecular weight is 331 g/mol. The average Bonchev–Trinajstić information content (AvgIpc) is 2.57. The molecular weight excluding hydrogens is 312 g/mol. The Morgan fingerprint density at radius 2 is 1.67 bits per heavy atom. The van der Waals surface area contributed by atoms with E-state index in [0.717, 1.165) is 25.0 Å². The van der Waals surface area contributed by atoms with E-state index in [1.165, 1.54) is 11.6 Å². The molecular formula is C19H19F2NO2. The molecule has 0 saturated carbocycles. The smallest absolute Gasteiger partial charge is 0.224 e. The van der Waals surface area contributed by atoms with Gasteiger partial charge in [-0.3, -0.25) is 9.59 Å². The summed E-state index contributed by atoms with van der Waals surface area (Å²) < 4.78 is 25.9. The summed E-state index contributed by atoms with van der Waals surface area (Å²) in [4.78, 5) is 23.9. The molecule has 0 aliphatic carbocycles.